The van der Waals surface area contributed by atoms with Crippen LogP contribution in [0.25, 0.3) is 27.3 Å². The lowest BCUT2D eigenvalue weighted by Gasteiger charge is -2.32. The Bertz CT molecular complexity index is 2950. The van der Waals surface area contributed by atoms with Gasteiger partial charge in [-0.15, -0.1) is 21.5 Å². The number of likely N-dealkylation sites (tertiary alicyclic amines) is 1. The smallest absolute Gasteiger partial charge is 0.255 e. The second-order valence-electron chi connectivity index (χ2n) is 16.2. The van der Waals surface area contributed by atoms with E-state index in [9.17, 15) is 14.7 Å². The second kappa shape index (κ2) is 18.3. The zero-order valence-electron chi connectivity index (χ0n) is 36.6. The van der Waals surface area contributed by atoms with Crippen LogP contribution < -0.4 is 19.5 Å². The summed E-state index contributed by atoms with van der Waals surface area (Å²) in [6.45, 7) is 7.19. The number of anilines is 1. The van der Waals surface area contributed by atoms with Gasteiger partial charge >= 0.3 is 0 Å². The molecule has 4 heterocycles. The number of fused-ring (bicyclic) bond motifs is 3. The molecule has 1 saturated heterocycles. The molecule has 0 radical (unpaired) electrons. The van der Waals surface area contributed by atoms with E-state index in [1.54, 1.807) is 62.0 Å². The maximum absolute atomic E-state index is 14.0. The summed E-state index contributed by atoms with van der Waals surface area (Å²) in [6, 6.07) is 32.6. The molecule has 12 nitrogen and oxygen atoms in total. The van der Waals surface area contributed by atoms with Gasteiger partial charge in [-0.1, -0.05) is 48.0 Å². The summed E-state index contributed by atoms with van der Waals surface area (Å²) in [5, 5.41) is 24.7. The fraction of sp³-hybridized carbons (Fsp3) is 0.235. The minimum atomic E-state index is -0.544. The van der Waals surface area contributed by atoms with Crippen LogP contribution in [0.1, 0.15) is 68.9 Å². The summed E-state index contributed by atoms with van der Waals surface area (Å²) in [5.74, 6) is 3.07. The molecule has 0 saturated carbocycles. The molecule has 0 bridgehead atoms. The van der Waals surface area contributed by atoms with E-state index in [1.807, 2.05) is 84.6 Å². The Balaban J connectivity index is 0.826. The molecule has 1 fully saturated rings. The number of phenols is 1. The molecule has 1 atom stereocenters. The highest BCUT2D eigenvalue weighted by Gasteiger charge is 2.34. The molecule has 2 amide bonds. The summed E-state index contributed by atoms with van der Waals surface area (Å²) in [7, 11) is 3.21. The number of aromatic nitrogens is 3. The number of amides is 2. The fourth-order valence-corrected chi connectivity index (χ4v) is 9.81. The number of halogens is 1. The first-order valence-electron chi connectivity index (χ1n) is 21.4. The number of nitrogens with zero attached hydrogens (tertiary/aromatic N) is 5. The first-order valence-corrected chi connectivity index (χ1v) is 22.6. The third kappa shape index (κ3) is 8.81. The van der Waals surface area contributed by atoms with Crippen molar-refractivity contribution in [1.82, 2.24) is 19.7 Å². The molecule has 65 heavy (non-hydrogen) atoms. The Kier molecular flexibility index (Phi) is 12.2. The number of ether oxygens (including phenoxy) is 3. The summed E-state index contributed by atoms with van der Waals surface area (Å²) >= 11 is 7.96. The van der Waals surface area contributed by atoms with Crippen molar-refractivity contribution in [2.75, 3.05) is 32.6 Å². The van der Waals surface area contributed by atoms with Gasteiger partial charge in [0.15, 0.2) is 5.82 Å². The maximum Gasteiger partial charge on any atom is 0.255 e. The number of piperidine rings is 1. The van der Waals surface area contributed by atoms with Gasteiger partial charge in [-0.2, -0.15) is 0 Å². The van der Waals surface area contributed by atoms with Crippen LogP contribution in [-0.4, -0.2) is 75.7 Å². The number of methoxy groups -OCH3 is 2. The van der Waals surface area contributed by atoms with Crippen LogP contribution >= 0.6 is 22.9 Å². The standard InChI is InChI=1S/C51H47ClN6O6S/c1-29-30(2)65-51-47(29)48(33-9-14-36(52)15-10-33)54-43(49-56-55-31(3)58(49)51)28-46(60)57-23-21-38(22-24-57)64-40-18-19-41(44(59)27-40)32-11-16-37(17-12-32)53-50(61)35-13-20-45(63-5)42(26-35)34-7-6-8-39(25-34)62-4/h6-20,25-27,38,43,59H,21-24,28H2,1-5H3,(H,53,61)/t43-/m0/s1. The quantitative estimate of drug-likeness (QED) is 0.131. The van der Waals surface area contributed by atoms with E-state index < -0.39 is 6.04 Å². The number of aryl methyl sites for hydroxylation is 2. The zero-order chi connectivity index (χ0) is 45.4. The average molecular weight is 907 g/mol. The van der Waals surface area contributed by atoms with Crippen molar-refractivity contribution in [1.29, 1.82) is 0 Å². The van der Waals surface area contributed by atoms with Crippen LogP contribution in [0.5, 0.6) is 23.0 Å². The predicted molar refractivity (Wildman–Crippen MR) is 255 cm³/mol. The number of nitrogens with one attached hydrogen (secondary N) is 1. The van der Waals surface area contributed by atoms with Crippen molar-refractivity contribution in [3.63, 3.8) is 0 Å². The van der Waals surface area contributed by atoms with Crippen molar-refractivity contribution in [3.8, 4) is 50.3 Å². The van der Waals surface area contributed by atoms with E-state index in [2.05, 4.69) is 33.9 Å². The van der Waals surface area contributed by atoms with E-state index in [0.717, 1.165) is 49.9 Å². The van der Waals surface area contributed by atoms with E-state index >= 15 is 0 Å². The summed E-state index contributed by atoms with van der Waals surface area (Å²) in [6.07, 6.45) is 1.28. The van der Waals surface area contributed by atoms with Crippen LogP contribution in [0.2, 0.25) is 5.02 Å². The Hall–Kier alpha value is -6.96. The fourth-order valence-electron chi connectivity index (χ4n) is 8.47. The molecule has 14 heteroatoms. The van der Waals surface area contributed by atoms with Crippen molar-refractivity contribution in [2.45, 2.75) is 52.2 Å². The second-order valence-corrected chi connectivity index (χ2v) is 17.8. The molecular weight excluding hydrogens is 860 g/mol. The average Bonchev–Trinajstić information content (AvgIpc) is 3.80. The van der Waals surface area contributed by atoms with Crippen LogP contribution in [-0.2, 0) is 4.79 Å². The molecule has 2 aromatic heterocycles. The first-order chi connectivity index (χ1) is 31.5. The number of benzene rings is 5. The van der Waals surface area contributed by atoms with E-state index in [0.29, 0.717) is 70.8 Å². The number of aromatic hydroxyl groups is 1. The lowest BCUT2D eigenvalue weighted by atomic mass is 9.99. The van der Waals surface area contributed by atoms with Gasteiger partial charge in [0.1, 0.15) is 46.0 Å². The van der Waals surface area contributed by atoms with Crippen molar-refractivity contribution in [2.24, 2.45) is 4.99 Å². The highest BCUT2D eigenvalue weighted by Crippen LogP contribution is 2.41. The summed E-state index contributed by atoms with van der Waals surface area (Å²) in [5.41, 5.74) is 8.00. The predicted octanol–water partition coefficient (Wildman–Crippen LogP) is 10.6. The normalized spacial score (nSPS) is 14.8. The molecular formula is C51H47ClN6O6S. The molecule has 330 valence electrons. The Morgan fingerprint density at radius 2 is 1.57 bits per heavy atom. The van der Waals surface area contributed by atoms with Gasteiger partial charge < -0.3 is 29.5 Å². The summed E-state index contributed by atoms with van der Waals surface area (Å²) < 4.78 is 19.4. The molecule has 0 unspecified atom stereocenters. The van der Waals surface area contributed by atoms with Gasteiger partial charge in [-0.3, -0.25) is 19.1 Å². The zero-order valence-corrected chi connectivity index (χ0v) is 38.2. The van der Waals surface area contributed by atoms with Crippen LogP contribution in [0.3, 0.4) is 0 Å². The molecule has 9 rings (SSSR count). The lowest BCUT2D eigenvalue weighted by Crippen LogP contribution is -2.42. The number of carbonyl (C=O) groups excluding carboxylic acids is 2. The first kappa shape index (κ1) is 43.3. The number of rotatable bonds is 11. The van der Waals surface area contributed by atoms with E-state index in [4.69, 9.17) is 30.8 Å². The molecule has 2 aliphatic heterocycles. The van der Waals surface area contributed by atoms with Crippen LogP contribution in [0, 0.1) is 20.8 Å². The number of aliphatic imine (C=N–C) groups is 1. The van der Waals surface area contributed by atoms with E-state index in [-0.39, 0.29) is 30.1 Å². The number of thiophene rings is 1. The van der Waals surface area contributed by atoms with Gasteiger partial charge in [-0.25, -0.2) is 0 Å². The molecule has 5 aromatic carbocycles. The van der Waals surface area contributed by atoms with Crippen molar-refractivity contribution < 1.29 is 28.9 Å². The largest absolute Gasteiger partial charge is 0.507 e. The van der Waals surface area contributed by atoms with Gasteiger partial charge in [0, 0.05) is 75.4 Å². The van der Waals surface area contributed by atoms with Crippen molar-refractivity contribution >= 4 is 46.2 Å². The lowest BCUT2D eigenvalue weighted by molar-refractivity contribution is -0.133. The highest BCUT2D eigenvalue weighted by molar-refractivity contribution is 7.15. The number of hydrogen-bond donors (Lipinski definition) is 2. The highest BCUT2D eigenvalue weighted by atomic mass is 35.5. The molecule has 0 aliphatic carbocycles. The topological polar surface area (TPSA) is 140 Å². The number of hydrogen-bond acceptors (Lipinski definition) is 10. The van der Waals surface area contributed by atoms with Gasteiger partial charge in [0.2, 0.25) is 5.91 Å². The Labute approximate surface area is 386 Å². The maximum atomic E-state index is 14.0. The number of carbonyl (C=O) groups is 2. The van der Waals surface area contributed by atoms with Gasteiger partial charge in [-0.05, 0) is 104 Å². The SMILES string of the molecule is COc1cccc(-c2cc(C(=O)Nc3ccc(-c4ccc(OC5CCN(C(=O)C[C@@H]6N=C(c7ccc(Cl)cc7)c7c(sc(C)c7C)-n7c(C)nnc76)CC5)cc4O)cc3)ccc2OC)c1. The van der Waals surface area contributed by atoms with Gasteiger partial charge in [0.25, 0.3) is 5.91 Å². The third-order valence-electron chi connectivity index (χ3n) is 12.1. The molecule has 7 aromatic rings. The number of phenolic OH excluding ortho intramolecular Hbond substituents is 1. The van der Waals surface area contributed by atoms with Crippen molar-refractivity contribution in [3.05, 3.63) is 153 Å². The van der Waals surface area contributed by atoms with Crippen LogP contribution in [0.4, 0.5) is 5.69 Å². The Morgan fingerprint density at radius 3 is 2.29 bits per heavy atom. The monoisotopic (exact) mass is 906 g/mol. The third-order valence-corrected chi connectivity index (χ3v) is 13.5. The summed E-state index contributed by atoms with van der Waals surface area (Å²) in [4.78, 5) is 35.7. The molecule has 0 spiro atoms. The minimum absolute atomic E-state index is 0.00935. The van der Waals surface area contributed by atoms with E-state index in [1.165, 1.54) is 4.88 Å². The minimum Gasteiger partial charge on any atom is -0.507 e. The molecule has 2 N–H and O–H groups in total. The van der Waals surface area contributed by atoms with Gasteiger partial charge in [0.05, 0.1) is 26.4 Å². The molecule has 2 aliphatic rings. The Morgan fingerprint density at radius 1 is 0.815 bits per heavy atom. The van der Waals surface area contributed by atoms with Crippen LogP contribution in [0.15, 0.2) is 114 Å².